The Morgan fingerprint density at radius 3 is 2.67 bits per heavy atom. The Hall–Kier alpha value is -2.37. The SMILES string of the molecule is Cc1ccccc1N(CCC(=O)O)C(=O)[C@@H]1CCC(=O)N1. The average Bonchev–Trinajstić information content (AvgIpc) is 2.87. The first kappa shape index (κ1) is 15.0. The fourth-order valence-electron chi connectivity index (χ4n) is 2.41. The number of carboxylic acid groups (broad SMARTS) is 1. The van der Waals surface area contributed by atoms with Crippen LogP contribution in [0.25, 0.3) is 0 Å². The van der Waals surface area contributed by atoms with Crippen LogP contribution in [0.5, 0.6) is 0 Å². The van der Waals surface area contributed by atoms with Gasteiger partial charge in [0.25, 0.3) is 0 Å². The Balaban J connectivity index is 2.23. The number of amides is 2. The highest BCUT2D eigenvalue weighted by Crippen LogP contribution is 2.22. The van der Waals surface area contributed by atoms with Gasteiger partial charge in [0.05, 0.1) is 6.42 Å². The van der Waals surface area contributed by atoms with Gasteiger partial charge in [-0.25, -0.2) is 0 Å². The molecule has 1 saturated heterocycles. The van der Waals surface area contributed by atoms with E-state index in [1.54, 1.807) is 12.1 Å². The minimum atomic E-state index is -0.961. The van der Waals surface area contributed by atoms with Crippen molar-refractivity contribution in [2.45, 2.75) is 32.2 Å². The number of carbonyl (C=O) groups excluding carboxylic acids is 2. The van der Waals surface area contributed by atoms with Gasteiger partial charge in [-0.15, -0.1) is 0 Å². The van der Waals surface area contributed by atoms with Crippen molar-refractivity contribution in [1.29, 1.82) is 0 Å². The molecule has 0 aromatic heterocycles. The van der Waals surface area contributed by atoms with Gasteiger partial charge >= 0.3 is 5.97 Å². The number of carboxylic acids is 1. The molecule has 2 N–H and O–H groups in total. The maximum Gasteiger partial charge on any atom is 0.305 e. The van der Waals surface area contributed by atoms with E-state index in [4.69, 9.17) is 5.11 Å². The zero-order chi connectivity index (χ0) is 15.4. The second-order valence-electron chi connectivity index (χ2n) is 5.08. The van der Waals surface area contributed by atoms with Crippen LogP contribution in [0.1, 0.15) is 24.8 Å². The Morgan fingerprint density at radius 2 is 2.10 bits per heavy atom. The summed E-state index contributed by atoms with van der Waals surface area (Å²) in [5.74, 6) is -1.36. The van der Waals surface area contributed by atoms with Gasteiger partial charge in [0.1, 0.15) is 6.04 Å². The van der Waals surface area contributed by atoms with Crippen LogP contribution in [-0.2, 0) is 14.4 Å². The van der Waals surface area contributed by atoms with Gasteiger partial charge in [0.15, 0.2) is 0 Å². The Morgan fingerprint density at radius 1 is 1.38 bits per heavy atom. The molecule has 6 heteroatoms. The zero-order valence-electron chi connectivity index (χ0n) is 11.8. The Bertz CT molecular complexity index is 571. The highest BCUT2D eigenvalue weighted by Gasteiger charge is 2.31. The van der Waals surface area contributed by atoms with Gasteiger partial charge in [-0.05, 0) is 25.0 Å². The molecule has 0 aliphatic carbocycles. The van der Waals surface area contributed by atoms with E-state index in [-0.39, 0.29) is 24.8 Å². The molecule has 2 rings (SSSR count). The second-order valence-corrected chi connectivity index (χ2v) is 5.08. The molecular formula is C15H18N2O4. The number of para-hydroxylation sites is 1. The van der Waals surface area contributed by atoms with Crippen LogP contribution in [-0.4, -0.2) is 35.5 Å². The first-order valence-electron chi connectivity index (χ1n) is 6.87. The molecule has 1 atom stereocenters. The summed E-state index contributed by atoms with van der Waals surface area (Å²) in [5, 5.41) is 11.5. The molecule has 1 fully saturated rings. The molecule has 1 aliphatic heterocycles. The number of aliphatic carboxylic acids is 1. The van der Waals surface area contributed by atoms with Crippen LogP contribution in [0.4, 0.5) is 5.69 Å². The van der Waals surface area contributed by atoms with E-state index in [0.29, 0.717) is 18.5 Å². The molecule has 6 nitrogen and oxygen atoms in total. The molecule has 0 bridgehead atoms. The third-order valence-electron chi connectivity index (χ3n) is 3.51. The molecule has 0 unspecified atom stereocenters. The predicted octanol–water partition coefficient (Wildman–Crippen LogP) is 1.08. The number of rotatable bonds is 5. The summed E-state index contributed by atoms with van der Waals surface area (Å²) in [6.45, 7) is 1.95. The zero-order valence-corrected chi connectivity index (χ0v) is 11.8. The van der Waals surface area contributed by atoms with E-state index in [1.165, 1.54) is 4.90 Å². The van der Waals surface area contributed by atoms with E-state index in [2.05, 4.69) is 5.32 Å². The lowest BCUT2D eigenvalue weighted by atomic mass is 10.1. The van der Waals surface area contributed by atoms with Gasteiger partial charge in [-0.1, -0.05) is 18.2 Å². The van der Waals surface area contributed by atoms with Gasteiger partial charge in [-0.2, -0.15) is 0 Å². The van der Waals surface area contributed by atoms with E-state index in [9.17, 15) is 14.4 Å². The van der Waals surface area contributed by atoms with Crippen LogP contribution < -0.4 is 10.2 Å². The van der Waals surface area contributed by atoms with E-state index >= 15 is 0 Å². The fourth-order valence-corrected chi connectivity index (χ4v) is 2.41. The standard InChI is InChI=1S/C15H18N2O4/c1-10-4-2-3-5-12(10)17(9-8-14(19)20)15(21)11-6-7-13(18)16-11/h2-5,11H,6-9H2,1H3,(H,16,18)(H,19,20)/t11-/m0/s1. The monoisotopic (exact) mass is 290 g/mol. The van der Waals surface area contributed by atoms with Crippen LogP contribution >= 0.6 is 0 Å². The number of hydrogen-bond acceptors (Lipinski definition) is 3. The molecule has 112 valence electrons. The third kappa shape index (κ3) is 3.59. The topological polar surface area (TPSA) is 86.7 Å². The number of carbonyl (C=O) groups is 3. The number of nitrogens with one attached hydrogen (secondary N) is 1. The van der Waals surface area contributed by atoms with Gasteiger partial charge < -0.3 is 15.3 Å². The summed E-state index contributed by atoms with van der Waals surface area (Å²) in [6.07, 6.45) is 0.644. The lowest BCUT2D eigenvalue weighted by Crippen LogP contribution is -2.45. The minimum absolute atomic E-state index is 0.0887. The number of benzene rings is 1. The molecule has 1 aromatic rings. The summed E-state index contributed by atoms with van der Waals surface area (Å²) >= 11 is 0. The van der Waals surface area contributed by atoms with Gasteiger partial charge in [0.2, 0.25) is 11.8 Å². The Labute approximate surface area is 122 Å². The van der Waals surface area contributed by atoms with E-state index in [0.717, 1.165) is 5.56 Å². The van der Waals surface area contributed by atoms with Crippen molar-refractivity contribution in [3.63, 3.8) is 0 Å². The number of anilines is 1. The van der Waals surface area contributed by atoms with Crippen molar-refractivity contribution < 1.29 is 19.5 Å². The average molecular weight is 290 g/mol. The van der Waals surface area contributed by atoms with Crippen molar-refractivity contribution in [2.75, 3.05) is 11.4 Å². The smallest absolute Gasteiger partial charge is 0.305 e. The van der Waals surface area contributed by atoms with Crippen LogP contribution in [0.3, 0.4) is 0 Å². The van der Waals surface area contributed by atoms with Crippen LogP contribution in [0, 0.1) is 6.92 Å². The molecule has 2 amide bonds. The summed E-state index contributed by atoms with van der Waals surface area (Å²) in [5.41, 5.74) is 1.57. The quantitative estimate of drug-likeness (QED) is 0.849. The Kier molecular flexibility index (Phi) is 4.57. The fraction of sp³-hybridized carbons (Fsp3) is 0.400. The van der Waals surface area contributed by atoms with Crippen molar-refractivity contribution >= 4 is 23.5 Å². The third-order valence-corrected chi connectivity index (χ3v) is 3.51. The van der Waals surface area contributed by atoms with Gasteiger partial charge in [-0.3, -0.25) is 14.4 Å². The second kappa shape index (κ2) is 6.39. The van der Waals surface area contributed by atoms with E-state index in [1.807, 2.05) is 19.1 Å². The number of nitrogens with zero attached hydrogens (tertiary/aromatic N) is 1. The lowest BCUT2D eigenvalue weighted by molar-refractivity contribution is -0.136. The van der Waals surface area contributed by atoms with Crippen molar-refractivity contribution in [3.8, 4) is 0 Å². The van der Waals surface area contributed by atoms with Crippen LogP contribution in [0.2, 0.25) is 0 Å². The molecule has 0 spiro atoms. The normalized spacial score (nSPS) is 17.4. The van der Waals surface area contributed by atoms with Crippen molar-refractivity contribution in [2.24, 2.45) is 0 Å². The van der Waals surface area contributed by atoms with Crippen molar-refractivity contribution in [1.82, 2.24) is 5.32 Å². The number of hydrogen-bond donors (Lipinski definition) is 2. The predicted molar refractivity (Wildman–Crippen MR) is 76.9 cm³/mol. The number of aryl methyl sites for hydroxylation is 1. The van der Waals surface area contributed by atoms with Crippen molar-refractivity contribution in [3.05, 3.63) is 29.8 Å². The molecule has 21 heavy (non-hydrogen) atoms. The maximum absolute atomic E-state index is 12.6. The molecular weight excluding hydrogens is 272 g/mol. The first-order valence-corrected chi connectivity index (χ1v) is 6.87. The molecule has 0 saturated carbocycles. The molecule has 1 aromatic carbocycles. The summed E-state index contributed by atoms with van der Waals surface area (Å²) in [7, 11) is 0. The summed E-state index contributed by atoms with van der Waals surface area (Å²) in [4.78, 5) is 36.1. The molecule has 1 aliphatic rings. The molecule has 0 radical (unpaired) electrons. The largest absolute Gasteiger partial charge is 0.481 e. The van der Waals surface area contributed by atoms with Gasteiger partial charge in [0, 0.05) is 18.7 Å². The first-order chi connectivity index (χ1) is 9.99. The highest BCUT2D eigenvalue weighted by molar-refractivity contribution is 6.01. The molecule has 1 heterocycles. The lowest BCUT2D eigenvalue weighted by Gasteiger charge is -2.26. The minimum Gasteiger partial charge on any atom is -0.481 e. The van der Waals surface area contributed by atoms with E-state index < -0.39 is 12.0 Å². The maximum atomic E-state index is 12.6. The van der Waals surface area contributed by atoms with Crippen LogP contribution in [0.15, 0.2) is 24.3 Å². The highest BCUT2D eigenvalue weighted by atomic mass is 16.4. The summed E-state index contributed by atoms with van der Waals surface area (Å²) < 4.78 is 0. The summed E-state index contributed by atoms with van der Waals surface area (Å²) in [6, 6.07) is 6.74.